The van der Waals surface area contributed by atoms with E-state index in [1.165, 1.54) is 0 Å². The van der Waals surface area contributed by atoms with Crippen LogP contribution in [0.5, 0.6) is 0 Å². The summed E-state index contributed by atoms with van der Waals surface area (Å²) in [6, 6.07) is 5.50. The van der Waals surface area contributed by atoms with Gasteiger partial charge in [0.1, 0.15) is 0 Å². The highest BCUT2D eigenvalue weighted by Crippen LogP contribution is 2.33. The Bertz CT molecular complexity index is 479. The number of sulfone groups is 1. The molecule has 0 saturated carbocycles. The van der Waals surface area contributed by atoms with E-state index in [-0.39, 0.29) is 11.7 Å². The monoisotopic (exact) mass is 225 g/mol. The van der Waals surface area contributed by atoms with Crippen LogP contribution in [0.1, 0.15) is 23.5 Å². The molecule has 1 aromatic rings. The molecule has 0 aromatic heterocycles. The largest absolute Gasteiger partial charge is 0.330 e. The molecule has 1 unspecified atom stereocenters. The molecule has 1 atom stereocenters. The molecule has 1 heterocycles. The number of hydrogen-bond acceptors (Lipinski definition) is 3. The third-order valence-electron chi connectivity index (χ3n) is 2.96. The summed E-state index contributed by atoms with van der Waals surface area (Å²) in [5.74, 6) is 0.425. The topological polar surface area (TPSA) is 60.2 Å². The third kappa shape index (κ3) is 1.79. The van der Waals surface area contributed by atoms with Crippen LogP contribution in [0.15, 0.2) is 23.1 Å². The van der Waals surface area contributed by atoms with Gasteiger partial charge in [-0.2, -0.15) is 0 Å². The maximum atomic E-state index is 11.8. The second kappa shape index (κ2) is 3.61. The lowest BCUT2D eigenvalue weighted by Gasteiger charge is -2.24. The van der Waals surface area contributed by atoms with Gasteiger partial charge in [-0.05, 0) is 37.4 Å². The Hall–Kier alpha value is -0.870. The molecule has 0 radical (unpaired) electrons. The zero-order valence-corrected chi connectivity index (χ0v) is 9.55. The number of benzene rings is 1. The van der Waals surface area contributed by atoms with Gasteiger partial charge < -0.3 is 5.73 Å². The van der Waals surface area contributed by atoms with E-state index in [1.54, 1.807) is 6.07 Å². The Kier molecular flexibility index (Phi) is 2.56. The van der Waals surface area contributed by atoms with Crippen LogP contribution in [-0.4, -0.2) is 20.7 Å². The van der Waals surface area contributed by atoms with Crippen molar-refractivity contribution in [3.05, 3.63) is 29.3 Å². The van der Waals surface area contributed by atoms with Crippen LogP contribution in [0, 0.1) is 6.92 Å². The summed E-state index contributed by atoms with van der Waals surface area (Å²) >= 11 is 0. The van der Waals surface area contributed by atoms with Crippen molar-refractivity contribution in [3.63, 3.8) is 0 Å². The van der Waals surface area contributed by atoms with Gasteiger partial charge in [0, 0.05) is 0 Å². The summed E-state index contributed by atoms with van der Waals surface area (Å²) in [7, 11) is -3.06. The Balaban J connectivity index is 2.64. The van der Waals surface area contributed by atoms with Crippen LogP contribution in [0.2, 0.25) is 0 Å². The van der Waals surface area contributed by atoms with Gasteiger partial charge >= 0.3 is 0 Å². The van der Waals surface area contributed by atoms with Crippen LogP contribution >= 0.6 is 0 Å². The first-order chi connectivity index (χ1) is 7.04. The summed E-state index contributed by atoms with van der Waals surface area (Å²) in [5, 5.41) is 0. The van der Waals surface area contributed by atoms with Gasteiger partial charge in [-0.3, -0.25) is 0 Å². The summed E-state index contributed by atoms with van der Waals surface area (Å²) < 4.78 is 23.6. The van der Waals surface area contributed by atoms with Crippen molar-refractivity contribution >= 4 is 9.84 Å². The summed E-state index contributed by atoms with van der Waals surface area (Å²) in [4.78, 5) is 0.481. The molecule has 15 heavy (non-hydrogen) atoms. The minimum absolute atomic E-state index is 0.198. The predicted octanol–water partition coefficient (Wildman–Crippen LogP) is 1.21. The normalized spacial score (nSPS) is 23.5. The zero-order chi connectivity index (χ0) is 11.1. The fourth-order valence-corrected chi connectivity index (χ4v) is 3.75. The zero-order valence-electron chi connectivity index (χ0n) is 8.73. The lowest BCUT2D eigenvalue weighted by Crippen LogP contribution is -2.24. The van der Waals surface area contributed by atoms with E-state index in [4.69, 9.17) is 5.73 Å². The van der Waals surface area contributed by atoms with Gasteiger partial charge in [0.2, 0.25) is 0 Å². The van der Waals surface area contributed by atoms with E-state index in [1.807, 2.05) is 19.1 Å². The molecule has 4 heteroatoms. The summed E-state index contributed by atoms with van der Waals surface area (Å²) in [5.41, 5.74) is 7.66. The van der Waals surface area contributed by atoms with E-state index in [0.29, 0.717) is 17.9 Å². The fraction of sp³-hybridized carbons (Fsp3) is 0.455. The lowest BCUT2D eigenvalue weighted by molar-refractivity contribution is 0.566. The number of hydrogen-bond donors (Lipinski definition) is 1. The van der Waals surface area contributed by atoms with Crippen molar-refractivity contribution in [3.8, 4) is 0 Å². The van der Waals surface area contributed by atoms with Gasteiger partial charge in [-0.1, -0.05) is 17.7 Å². The number of fused-ring (bicyclic) bond motifs is 1. The van der Waals surface area contributed by atoms with Gasteiger partial charge in [-0.25, -0.2) is 8.42 Å². The number of rotatable bonds is 1. The van der Waals surface area contributed by atoms with Crippen LogP contribution in [0.4, 0.5) is 0 Å². The number of aryl methyl sites for hydroxylation is 1. The Morgan fingerprint density at radius 2 is 2.20 bits per heavy atom. The first kappa shape index (κ1) is 10.6. The average molecular weight is 225 g/mol. The molecule has 1 aliphatic rings. The summed E-state index contributed by atoms with van der Waals surface area (Å²) in [6.45, 7) is 2.49. The highest BCUT2D eigenvalue weighted by molar-refractivity contribution is 7.91. The lowest BCUT2D eigenvalue weighted by atomic mass is 9.95. The van der Waals surface area contributed by atoms with Gasteiger partial charge in [-0.15, -0.1) is 0 Å². The highest BCUT2D eigenvalue weighted by atomic mass is 32.2. The van der Waals surface area contributed by atoms with E-state index in [2.05, 4.69) is 0 Å². The molecule has 0 spiro atoms. The molecule has 82 valence electrons. The fourth-order valence-electron chi connectivity index (χ4n) is 2.08. The van der Waals surface area contributed by atoms with Gasteiger partial charge in [0.15, 0.2) is 9.84 Å². The van der Waals surface area contributed by atoms with Crippen LogP contribution in [-0.2, 0) is 9.84 Å². The van der Waals surface area contributed by atoms with E-state index in [0.717, 1.165) is 11.1 Å². The van der Waals surface area contributed by atoms with Crippen molar-refractivity contribution in [1.29, 1.82) is 0 Å². The quantitative estimate of drug-likeness (QED) is 0.781. The molecule has 0 aliphatic carbocycles. The molecule has 0 saturated heterocycles. The van der Waals surface area contributed by atoms with Crippen LogP contribution < -0.4 is 5.73 Å². The summed E-state index contributed by atoms with van der Waals surface area (Å²) in [6.07, 6.45) is 0.648. The third-order valence-corrected chi connectivity index (χ3v) is 4.77. The molecule has 2 N–H and O–H groups in total. The smallest absolute Gasteiger partial charge is 0.178 e. The molecule has 3 nitrogen and oxygen atoms in total. The predicted molar refractivity (Wildman–Crippen MR) is 59.6 cm³/mol. The first-order valence-corrected chi connectivity index (χ1v) is 6.73. The molecule has 1 aliphatic heterocycles. The Labute approximate surface area is 90.2 Å². The van der Waals surface area contributed by atoms with Gasteiger partial charge in [0.05, 0.1) is 10.6 Å². The highest BCUT2D eigenvalue weighted by Gasteiger charge is 2.29. The number of nitrogens with two attached hydrogens (primary N) is 1. The Morgan fingerprint density at radius 3 is 2.87 bits per heavy atom. The van der Waals surface area contributed by atoms with E-state index >= 15 is 0 Å². The van der Waals surface area contributed by atoms with Gasteiger partial charge in [0.25, 0.3) is 0 Å². The minimum Gasteiger partial charge on any atom is -0.330 e. The Morgan fingerprint density at radius 1 is 1.47 bits per heavy atom. The molecule has 1 aromatic carbocycles. The molecule has 0 fully saturated rings. The molecule has 2 rings (SSSR count). The van der Waals surface area contributed by atoms with Crippen LogP contribution in [0.3, 0.4) is 0 Å². The van der Waals surface area contributed by atoms with Crippen molar-refractivity contribution in [2.24, 2.45) is 5.73 Å². The molecular weight excluding hydrogens is 210 g/mol. The van der Waals surface area contributed by atoms with Crippen molar-refractivity contribution in [2.75, 3.05) is 12.3 Å². The second-order valence-corrected chi connectivity index (χ2v) is 6.16. The van der Waals surface area contributed by atoms with Crippen molar-refractivity contribution < 1.29 is 8.42 Å². The minimum atomic E-state index is -3.06. The van der Waals surface area contributed by atoms with Crippen LogP contribution in [0.25, 0.3) is 0 Å². The maximum Gasteiger partial charge on any atom is 0.178 e. The van der Waals surface area contributed by atoms with Crippen molar-refractivity contribution in [1.82, 2.24) is 0 Å². The van der Waals surface area contributed by atoms with Crippen molar-refractivity contribution in [2.45, 2.75) is 24.2 Å². The standard InChI is InChI=1S/C11H15NO2S/c1-8-2-3-11-10(6-8)9(7-12)4-5-15(11,13)14/h2-3,6,9H,4-5,7,12H2,1H3. The molecule has 0 amide bonds. The van der Waals surface area contributed by atoms with E-state index < -0.39 is 9.84 Å². The van der Waals surface area contributed by atoms with E-state index in [9.17, 15) is 8.42 Å². The molecular formula is C11H15NO2S. The first-order valence-electron chi connectivity index (χ1n) is 5.08. The SMILES string of the molecule is Cc1ccc2c(c1)C(CN)CCS2(=O)=O. The maximum absolute atomic E-state index is 11.8. The average Bonchev–Trinajstić information content (AvgIpc) is 2.17. The molecule has 0 bridgehead atoms. The second-order valence-electron chi connectivity index (χ2n) is 4.08.